The summed E-state index contributed by atoms with van der Waals surface area (Å²) in [4.78, 5) is 34.1. The van der Waals surface area contributed by atoms with E-state index in [2.05, 4.69) is 26.0 Å². The fraction of sp³-hybridized carbons (Fsp3) is 0.308. The van der Waals surface area contributed by atoms with E-state index in [0.29, 0.717) is 10.0 Å². The molecule has 1 atom stereocenters. The zero-order valence-corrected chi connectivity index (χ0v) is 12.3. The number of amides is 1. The van der Waals surface area contributed by atoms with Gasteiger partial charge >= 0.3 is 11.9 Å². The van der Waals surface area contributed by atoms with Gasteiger partial charge in [0, 0.05) is 10.9 Å². The fourth-order valence-electron chi connectivity index (χ4n) is 1.50. The second-order valence-corrected chi connectivity index (χ2v) is 4.81. The molecule has 20 heavy (non-hydrogen) atoms. The average Bonchev–Trinajstić information content (AvgIpc) is 2.42. The van der Waals surface area contributed by atoms with Crippen LogP contribution in [0, 0.1) is 0 Å². The first kappa shape index (κ1) is 16.2. The number of aliphatic carboxylic acids is 1. The van der Waals surface area contributed by atoms with Gasteiger partial charge in [0.15, 0.2) is 0 Å². The highest BCUT2D eigenvalue weighted by atomic mass is 79.9. The standard InChI is InChI=1S/C13H14BrNO5/c1-20-11(16)7-6-10(13(18)19)15-12(17)8-4-2-3-5-9(8)14/h2-5,10H,6-7H2,1H3,(H,15,17)(H,18,19)/t10-/m1/s1. The molecule has 108 valence electrons. The van der Waals surface area contributed by atoms with Crippen molar-refractivity contribution in [1.29, 1.82) is 0 Å². The maximum absolute atomic E-state index is 12.0. The van der Waals surface area contributed by atoms with E-state index in [1.165, 1.54) is 7.11 Å². The third kappa shape index (κ3) is 4.65. The Labute approximate surface area is 124 Å². The lowest BCUT2D eigenvalue weighted by atomic mass is 10.1. The van der Waals surface area contributed by atoms with Crippen molar-refractivity contribution in [1.82, 2.24) is 5.32 Å². The molecule has 0 radical (unpaired) electrons. The Morgan fingerprint density at radius 3 is 2.55 bits per heavy atom. The summed E-state index contributed by atoms with van der Waals surface area (Å²) in [6, 6.07) is 5.52. The molecule has 0 unspecified atom stereocenters. The van der Waals surface area contributed by atoms with Crippen LogP contribution in [0.2, 0.25) is 0 Å². The van der Waals surface area contributed by atoms with Crippen LogP contribution >= 0.6 is 15.9 Å². The minimum absolute atomic E-state index is 0.0296. The van der Waals surface area contributed by atoms with Gasteiger partial charge in [-0.05, 0) is 34.5 Å². The lowest BCUT2D eigenvalue weighted by molar-refractivity contribution is -0.142. The van der Waals surface area contributed by atoms with E-state index in [0.717, 1.165) is 0 Å². The van der Waals surface area contributed by atoms with Gasteiger partial charge in [-0.3, -0.25) is 9.59 Å². The third-order valence-electron chi connectivity index (χ3n) is 2.59. The number of methoxy groups -OCH3 is 1. The van der Waals surface area contributed by atoms with Crippen LogP contribution in [0.3, 0.4) is 0 Å². The van der Waals surface area contributed by atoms with Crippen molar-refractivity contribution in [2.45, 2.75) is 18.9 Å². The van der Waals surface area contributed by atoms with Gasteiger partial charge in [0.2, 0.25) is 0 Å². The van der Waals surface area contributed by atoms with Crippen molar-refractivity contribution in [3.63, 3.8) is 0 Å². The summed E-state index contributed by atoms with van der Waals surface area (Å²) in [6.45, 7) is 0. The highest BCUT2D eigenvalue weighted by Gasteiger charge is 2.22. The maximum Gasteiger partial charge on any atom is 0.326 e. The molecule has 7 heteroatoms. The Kier molecular flexibility index (Phi) is 6.17. The molecule has 0 saturated heterocycles. The molecule has 1 amide bonds. The highest BCUT2D eigenvalue weighted by molar-refractivity contribution is 9.10. The lowest BCUT2D eigenvalue weighted by Gasteiger charge is -2.14. The SMILES string of the molecule is COC(=O)CC[C@@H](NC(=O)c1ccccc1Br)C(=O)O. The fourth-order valence-corrected chi connectivity index (χ4v) is 1.97. The quantitative estimate of drug-likeness (QED) is 0.765. The van der Waals surface area contributed by atoms with E-state index in [1.54, 1.807) is 24.3 Å². The number of halogens is 1. The van der Waals surface area contributed by atoms with E-state index < -0.39 is 23.9 Å². The van der Waals surface area contributed by atoms with Crippen LogP contribution in [0.1, 0.15) is 23.2 Å². The Hall–Kier alpha value is -1.89. The molecule has 0 aromatic heterocycles. The molecule has 1 aromatic rings. The molecular formula is C13H14BrNO5. The van der Waals surface area contributed by atoms with Gasteiger partial charge in [0.05, 0.1) is 12.7 Å². The molecule has 2 N–H and O–H groups in total. The van der Waals surface area contributed by atoms with Gasteiger partial charge in [0.1, 0.15) is 6.04 Å². The van der Waals surface area contributed by atoms with Crippen molar-refractivity contribution in [2.24, 2.45) is 0 Å². The molecule has 0 aliphatic heterocycles. The predicted octanol–water partition coefficient (Wildman–Crippen LogP) is 1.59. The summed E-state index contributed by atoms with van der Waals surface area (Å²) in [6.07, 6.45) is -0.109. The van der Waals surface area contributed by atoms with E-state index >= 15 is 0 Å². The number of nitrogens with one attached hydrogen (secondary N) is 1. The molecule has 1 rings (SSSR count). The van der Waals surface area contributed by atoms with Crippen LogP contribution in [0.15, 0.2) is 28.7 Å². The van der Waals surface area contributed by atoms with Crippen molar-refractivity contribution >= 4 is 33.8 Å². The normalized spacial score (nSPS) is 11.5. The zero-order valence-electron chi connectivity index (χ0n) is 10.8. The van der Waals surface area contributed by atoms with E-state index in [4.69, 9.17) is 5.11 Å². The van der Waals surface area contributed by atoms with Gasteiger partial charge in [-0.2, -0.15) is 0 Å². The van der Waals surface area contributed by atoms with Crippen LogP contribution in [-0.2, 0) is 14.3 Å². The van der Waals surface area contributed by atoms with Crippen molar-refractivity contribution in [3.8, 4) is 0 Å². The summed E-state index contributed by atoms with van der Waals surface area (Å²) in [5.74, 6) is -2.24. The van der Waals surface area contributed by atoms with Crippen LogP contribution < -0.4 is 5.32 Å². The number of benzene rings is 1. The molecule has 0 aliphatic rings. The van der Waals surface area contributed by atoms with Gasteiger partial charge in [-0.25, -0.2) is 4.79 Å². The minimum Gasteiger partial charge on any atom is -0.480 e. The molecule has 6 nitrogen and oxygen atoms in total. The number of hydrogen-bond donors (Lipinski definition) is 2. The van der Waals surface area contributed by atoms with Gasteiger partial charge in [0.25, 0.3) is 5.91 Å². The van der Waals surface area contributed by atoms with Gasteiger partial charge in [-0.15, -0.1) is 0 Å². The summed E-state index contributed by atoms with van der Waals surface area (Å²) >= 11 is 3.21. The first-order chi connectivity index (χ1) is 9.45. The Morgan fingerprint density at radius 1 is 1.35 bits per heavy atom. The summed E-state index contributed by atoms with van der Waals surface area (Å²) in [7, 11) is 1.22. The molecule has 0 aliphatic carbocycles. The Morgan fingerprint density at radius 2 is 2.00 bits per heavy atom. The molecule has 0 saturated carbocycles. The Balaban J connectivity index is 2.71. The largest absolute Gasteiger partial charge is 0.480 e. The predicted molar refractivity (Wildman–Crippen MR) is 74.3 cm³/mol. The number of rotatable bonds is 6. The molecular weight excluding hydrogens is 330 g/mol. The maximum atomic E-state index is 12.0. The summed E-state index contributed by atoms with van der Waals surface area (Å²) in [5, 5.41) is 11.4. The van der Waals surface area contributed by atoms with Gasteiger partial charge in [-0.1, -0.05) is 12.1 Å². The van der Waals surface area contributed by atoms with Crippen LogP contribution in [0.4, 0.5) is 0 Å². The number of carbonyl (C=O) groups is 3. The van der Waals surface area contributed by atoms with Crippen molar-refractivity contribution < 1.29 is 24.2 Å². The monoisotopic (exact) mass is 343 g/mol. The molecule has 0 heterocycles. The Bertz CT molecular complexity index is 517. The van der Waals surface area contributed by atoms with E-state index in [1.807, 2.05) is 0 Å². The smallest absolute Gasteiger partial charge is 0.326 e. The second-order valence-electron chi connectivity index (χ2n) is 3.96. The number of carbonyl (C=O) groups excluding carboxylic acids is 2. The topological polar surface area (TPSA) is 92.7 Å². The molecule has 0 bridgehead atoms. The first-order valence-electron chi connectivity index (χ1n) is 5.80. The second kappa shape index (κ2) is 7.64. The molecule has 1 aromatic carbocycles. The van der Waals surface area contributed by atoms with Crippen molar-refractivity contribution in [2.75, 3.05) is 7.11 Å². The molecule has 0 fully saturated rings. The third-order valence-corrected chi connectivity index (χ3v) is 3.28. The van der Waals surface area contributed by atoms with E-state index in [-0.39, 0.29) is 12.8 Å². The summed E-state index contributed by atoms with van der Waals surface area (Å²) in [5.41, 5.74) is 0.330. The van der Waals surface area contributed by atoms with Crippen molar-refractivity contribution in [3.05, 3.63) is 34.3 Å². The number of carboxylic acids is 1. The number of ether oxygens (including phenoxy) is 1. The number of hydrogen-bond acceptors (Lipinski definition) is 4. The molecule has 0 spiro atoms. The number of carboxylic acid groups (broad SMARTS) is 1. The van der Waals surface area contributed by atoms with Crippen LogP contribution in [0.5, 0.6) is 0 Å². The van der Waals surface area contributed by atoms with Gasteiger partial charge < -0.3 is 15.2 Å². The van der Waals surface area contributed by atoms with Crippen LogP contribution in [-0.4, -0.2) is 36.1 Å². The minimum atomic E-state index is -1.20. The zero-order chi connectivity index (χ0) is 15.1. The summed E-state index contributed by atoms with van der Waals surface area (Å²) < 4.78 is 5.00. The first-order valence-corrected chi connectivity index (χ1v) is 6.60. The van der Waals surface area contributed by atoms with E-state index in [9.17, 15) is 14.4 Å². The van der Waals surface area contributed by atoms with Crippen LogP contribution in [0.25, 0.3) is 0 Å². The lowest BCUT2D eigenvalue weighted by Crippen LogP contribution is -2.41. The highest BCUT2D eigenvalue weighted by Crippen LogP contribution is 2.16. The average molecular weight is 344 g/mol. The number of esters is 1.